The molecule has 0 bridgehead atoms. The topological polar surface area (TPSA) is 56.8 Å². The molecule has 0 spiro atoms. The predicted octanol–water partition coefficient (Wildman–Crippen LogP) is 0.582. The van der Waals surface area contributed by atoms with Gasteiger partial charge in [-0.15, -0.1) is 0 Å². The summed E-state index contributed by atoms with van der Waals surface area (Å²) in [5.74, 6) is -0.0872. The summed E-state index contributed by atoms with van der Waals surface area (Å²) in [6, 6.07) is 0. The van der Waals surface area contributed by atoms with Crippen LogP contribution >= 0.6 is 0 Å². The molecule has 0 aromatic heterocycles. The Labute approximate surface area is 97.4 Å². The van der Waals surface area contributed by atoms with E-state index in [1.807, 2.05) is 0 Å². The molecule has 0 aliphatic rings. The summed E-state index contributed by atoms with van der Waals surface area (Å²) >= 11 is 0. The molecule has 0 aliphatic carbocycles. The Bertz CT molecular complexity index is 164. The third-order valence-corrected chi connectivity index (χ3v) is 1.98. The van der Waals surface area contributed by atoms with E-state index in [0.717, 1.165) is 39.1 Å². The Balaban J connectivity index is 2.96. The third kappa shape index (κ3) is 11.4. The molecule has 0 saturated heterocycles. The molecule has 0 fully saturated rings. The fourth-order valence-electron chi connectivity index (χ4n) is 1.05. The van der Waals surface area contributed by atoms with Crippen LogP contribution < -0.4 is 5.32 Å². The van der Waals surface area contributed by atoms with Crippen LogP contribution in [0.3, 0.4) is 0 Å². The number of methoxy groups -OCH3 is 1. The number of carbonyl (C=O) groups is 1. The fourth-order valence-corrected chi connectivity index (χ4v) is 1.05. The maximum absolute atomic E-state index is 10.8. The van der Waals surface area contributed by atoms with Gasteiger partial charge in [0.2, 0.25) is 5.91 Å². The van der Waals surface area contributed by atoms with Gasteiger partial charge in [0, 0.05) is 40.6 Å². The lowest BCUT2D eigenvalue weighted by Crippen LogP contribution is -2.23. The van der Waals surface area contributed by atoms with E-state index in [1.165, 1.54) is 0 Å². The van der Waals surface area contributed by atoms with E-state index in [9.17, 15) is 4.79 Å². The molecule has 0 heterocycles. The van der Waals surface area contributed by atoms with Gasteiger partial charge in [0.05, 0.1) is 0 Å². The summed E-state index contributed by atoms with van der Waals surface area (Å²) in [5.41, 5.74) is 0. The third-order valence-electron chi connectivity index (χ3n) is 1.98. The summed E-state index contributed by atoms with van der Waals surface area (Å²) in [7, 11) is 3.28. The lowest BCUT2D eigenvalue weighted by molar-refractivity contribution is -0.125. The largest absolute Gasteiger partial charge is 0.385 e. The molecule has 0 aliphatic heterocycles. The van der Waals surface area contributed by atoms with Gasteiger partial charge in [0.1, 0.15) is 6.61 Å². The number of likely N-dealkylation sites (N-methyl/N-ethyl adjacent to an activating group) is 1. The van der Waals surface area contributed by atoms with Gasteiger partial charge in [-0.2, -0.15) is 0 Å². The molecule has 5 nitrogen and oxygen atoms in total. The maximum atomic E-state index is 10.8. The first-order chi connectivity index (χ1) is 7.81. The normalized spacial score (nSPS) is 10.4. The van der Waals surface area contributed by atoms with Crippen LogP contribution in [-0.2, 0) is 19.0 Å². The van der Waals surface area contributed by atoms with E-state index in [2.05, 4.69) is 5.32 Å². The predicted molar refractivity (Wildman–Crippen MR) is 61.4 cm³/mol. The Morgan fingerprint density at radius 2 is 1.62 bits per heavy atom. The molecule has 96 valence electrons. The van der Waals surface area contributed by atoms with E-state index in [-0.39, 0.29) is 12.5 Å². The molecule has 16 heavy (non-hydrogen) atoms. The molecule has 0 rings (SSSR count). The lowest BCUT2D eigenvalue weighted by atomic mass is 10.3. The summed E-state index contributed by atoms with van der Waals surface area (Å²) in [6.45, 7) is 2.98. The minimum atomic E-state index is -0.0872. The van der Waals surface area contributed by atoms with Gasteiger partial charge >= 0.3 is 0 Å². The van der Waals surface area contributed by atoms with Gasteiger partial charge in [0.15, 0.2) is 0 Å². The van der Waals surface area contributed by atoms with Gasteiger partial charge in [-0.1, -0.05) is 0 Å². The number of hydrogen-bond acceptors (Lipinski definition) is 4. The lowest BCUT2D eigenvalue weighted by Gasteiger charge is -2.04. The van der Waals surface area contributed by atoms with Gasteiger partial charge < -0.3 is 19.5 Å². The number of rotatable bonds is 11. The van der Waals surface area contributed by atoms with Crippen molar-refractivity contribution in [1.82, 2.24) is 5.32 Å². The van der Waals surface area contributed by atoms with Crippen LogP contribution in [-0.4, -0.2) is 53.1 Å². The Kier molecular flexibility index (Phi) is 11.9. The highest BCUT2D eigenvalue weighted by Gasteiger charge is 1.96. The Hall–Kier alpha value is -0.650. The molecule has 0 unspecified atom stereocenters. The summed E-state index contributed by atoms with van der Waals surface area (Å²) in [5, 5.41) is 2.50. The maximum Gasteiger partial charge on any atom is 0.245 e. The first-order valence-corrected chi connectivity index (χ1v) is 5.66. The van der Waals surface area contributed by atoms with Crippen LogP contribution in [0.2, 0.25) is 0 Å². The minimum absolute atomic E-state index is 0.0872. The van der Waals surface area contributed by atoms with Crippen LogP contribution in [0.4, 0.5) is 0 Å². The van der Waals surface area contributed by atoms with Crippen LogP contribution in [0.5, 0.6) is 0 Å². The zero-order valence-electron chi connectivity index (χ0n) is 10.3. The van der Waals surface area contributed by atoms with Gasteiger partial charge in [-0.25, -0.2) is 0 Å². The van der Waals surface area contributed by atoms with Crippen molar-refractivity contribution in [3.05, 3.63) is 0 Å². The van der Waals surface area contributed by atoms with E-state index in [4.69, 9.17) is 14.2 Å². The van der Waals surface area contributed by atoms with E-state index in [0.29, 0.717) is 6.61 Å². The second kappa shape index (κ2) is 12.4. The van der Waals surface area contributed by atoms with Crippen molar-refractivity contribution >= 4 is 5.91 Å². The van der Waals surface area contributed by atoms with Crippen molar-refractivity contribution < 1.29 is 19.0 Å². The second-order valence-electron chi connectivity index (χ2n) is 3.39. The van der Waals surface area contributed by atoms with Gasteiger partial charge in [-0.05, 0) is 19.3 Å². The number of amides is 1. The first-order valence-electron chi connectivity index (χ1n) is 5.66. The van der Waals surface area contributed by atoms with Crippen molar-refractivity contribution in [2.45, 2.75) is 19.3 Å². The monoisotopic (exact) mass is 233 g/mol. The zero-order chi connectivity index (χ0) is 12.1. The highest BCUT2D eigenvalue weighted by molar-refractivity contribution is 5.76. The van der Waals surface area contributed by atoms with E-state index >= 15 is 0 Å². The average molecular weight is 233 g/mol. The molecule has 0 aromatic rings. The van der Waals surface area contributed by atoms with E-state index < -0.39 is 0 Å². The number of unbranched alkanes of at least 4 members (excludes halogenated alkanes) is 1. The molecule has 0 atom stereocenters. The second-order valence-corrected chi connectivity index (χ2v) is 3.39. The molecule has 0 radical (unpaired) electrons. The van der Waals surface area contributed by atoms with Crippen LogP contribution in [0.15, 0.2) is 0 Å². The summed E-state index contributed by atoms with van der Waals surface area (Å²) < 4.78 is 15.4. The highest BCUT2D eigenvalue weighted by Crippen LogP contribution is 1.92. The fraction of sp³-hybridized carbons (Fsp3) is 0.909. The van der Waals surface area contributed by atoms with Gasteiger partial charge in [0.25, 0.3) is 0 Å². The molecular formula is C11H23NO4. The SMILES string of the molecule is CNC(=O)COCCCCOCCCOC. The number of ether oxygens (including phenoxy) is 3. The molecular weight excluding hydrogens is 210 g/mol. The molecule has 0 aromatic carbocycles. The summed E-state index contributed by atoms with van der Waals surface area (Å²) in [6.07, 6.45) is 2.81. The molecule has 1 N–H and O–H groups in total. The average Bonchev–Trinajstić information content (AvgIpc) is 2.31. The molecule has 5 heteroatoms. The number of nitrogens with one attached hydrogen (secondary N) is 1. The Morgan fingerprint density at radius 3 is 2.25 bits per heavy atom. The first kappa shape index (κ1) is 15.3. The van der Waals surface area contributed by atoms with Crippen LogP contribution in [0.25, 0.3) is 0 Å². The number of carbonyl (C=O) groups excluding carboxylic acids is 1. The van der Waals surface area contributed by atoms with Crippen LogP contribution in [0.1, 0.15) is 19.3 Å². The van der Waals surface area contributed by atoms with Crippen molar-refractivity contribution in [3.8, 4) is 0 Å². The zero-order valence-corrected chi connectivity index (χ0v) is 10.3. The highest BCUT2D eigenvalue weighted by atomic mass is 16.5. The summed E-state index contributed by atoms with van der Waals surface area (Å²) in [4.78, 5) is 10.8. The minimum Gasteiger partial charge on any atom is -0.385 e. The van der Waals surface area contributed by atoms with Gasteiger partial charge in [-0.3, -0.25) is 4.79 Å². The van der Waals surface area contributed by atoms with Crippen LogP contribution in [0, 0.1) is 0 Å². The van der Waals surface area contributed by atoms with Crippen molar-refractivity contribution in [1.29, 1.82) is 0 Å². The standard InChI is InChI=1S/C11H23NO4/c1-12-11(13)10-16-8-4-3-7-15-9-5-6-14-2/h3-10H2,1-2H3,(H,12,13). The Morgan fingerprint density at radius 1 is 1.00 bits per heavy atom. The van der Waals surface area contributed by atoms with Crippen molar-refractivity contribution in [2.75, 3.05) is 47.2 Å². The molecule has 0 saturated carbocycles. The number of hydrogen-bond donors (Lipinski definition) is 1. The van der Waals surface area contributed by atoms with Crippen molar-refractivity contribution in [3.63, 3.8) is 0 Å². The molecule has 1 amide bonds. The van der Waals surface area contributed by atoms with Crippen molar-refractivity contribution in [2.24, 2.45) is 0 Å². The quantitative estimate of drug-likeness (QED) is 0.530. The smallest absolute Gasteiger partial charge is 0.245 e. The van der Waals surface area contributed by atoms with E-state index in [1.54, 1.807) is 14.2 Å².